The highest BCUT2D eigenvalue weighted by Crippen LogP contribution is 2.17. The van der Waals surface area contributed by atoms with Gasteiger partial charge in [0, 0.05) is 12.2 Å². The zero-order valence-corrected chi connectivity index (χ0v) is 16.7. The summed E-state index contributed by atoms with van der Waals surface area (Å²) in [5.74, 6) is -2.21. The second-order valence-electron chi connectivity index (χ2n) is 7.57. The molecule has 5 heteroatoms. The Labute approximate surface area is 166 Å². The molecule has 0 aliphatic heterocycles. The lowest BCUT2D eigenvalue weighted by Gasteiger charge is -2.23. The van der Waals surface area contributed by atoms with Crippen LogP contribution in [-0.2, 0) is 25.5 Å². The zero-order valence-electron chi connectivity index (χ0n) is 16.7. The summed E-state index contributed by atoms with van der Waals surface area (Å²) in [5, 5.41) is 0. The lowest BCUT2D eigenvalue weighted by atomic mass is 10.1. The highest BCUT2D eigenvalue weighted by Gasteiger charge is 2.27. The highest BCUT2D eigenvalue weighted by atomic mass is 16.6. The summed E-state index contributed by atoms with van der Waals surface area (Å²) in [6.07, 6.45) is 1.05. The van der Waals surface area contributed by atoms with Gasteiger partial charge in [-0.05, 0) is 51.3 Å². The van der Waals surface area contributed by atoms with Crippen LogP contribution < -0.4 is 4.90 Å². The first kappa shape index (κ1) is 21.4. The van der Waals surface area contributed by atoms with Gasteiger partial charge in [-0.2, -0.15) is 0 Å². The number of benzene rings is 2. The molecule has 0 bridgehead atoms. The Bertz CT molecular complexity index is 794. The van der Waals surface area contributed by atoms with Gasteiger partial charge in [0.1, 0.15) is 5.60 Å². The monoisotopic (exact) mass is 381 g/mol. The van der Waals surface area contributed by atoms with E-state index in [1.54, 1.807) is 25.7 Å². The molecule has 0 heterocycles. The van der Waals surface area contributed by atoms with Crippen molar-refractivity contribution < 1.29 is 19.1 Å². The molecule has 2 rings (SSSR count). The van der Waals surface area contributed by atoms with Crippen LogP contribution in [-0.4, -0.2) is 29.8 Å². The van der Waals surface area contributed by atoms with Crippen molar-refractivity contribution >= 4 is 23.3 Å². The molecule has 0 spiro atoms. The van der Waals surface area contributed by atoms with E-state index in [1.807, 2.05) is 60.7 Å². The standard InChI is InChI=1S/C23H27NO4/c1-23(2,3)28-22(27)20(25)17-21(26)24(19-14-8-5-9-15-19)16-10-13-18-11-6-4-7-12-18/h4-9,11-12,14-15H,10,13,16-17H2,1-3H3. The van der Waals surface area contributed by atoms with Crippen molar-refractivity contribution in [2.24, 2.45) is 0 Å². The minimum atomic E-state index is -0.974. The molecule has 0 aliphatic rings. The van der Waals surface area contributed by atoms with Gasteiger partial charge in [-0.25, -0.2) is 4.79 Å². The molecule has 0 saturated heterocycles. The second kappa shape index (κ2) is 9.83. The van der Waals surface area contributed by atoms with E-state index in [0.29, 0.717) is 12.2 Å². The largest absolute Gasteiger partial charge is 0.454 e. The van der Waals surface area contributed by atoms with Gasteiger partial charge < -0.3 is 9.64 Å². The highest BCUT2D eigenvalue weighted by molar-refractivity contribution is 6.37. The molecule has 0 aliphatic carbocycles. The predicted octanol–water partition coefficient (Wildman–Crippen LogP) is 3.95. The molecule has 148 valence electrons. The lowest BCUT2D eigenvalue weighted by Crippen LogP contribution is -2.36. The third-order valence-electron chi connectivity index (χ3n) is 4.00. The predicted molar refractivity (Wildman–Crippen MR) is 109 cm³/mol. The molecule has 0 atom stereocenters. The number of aryl methyl sites for hydroxylation is 1. The summed E-state index contributed by atoms with van der Waals surface area (Å²) < 4.78 is 5.07. The van der Waals surface area contributed by atoms with Crippen molar-refractivity contribution in [3.63, 3.8) is 0 Å². The maximum atomic E-state index is 12.8. The van der Waals surface area contributed by atoms with E-state index >= 15 is 0 Å². The Morgan fingerprint density at radius 2 is 1.46 bits per heavy atom. The Morgan fingerprint density at radius 3 is 2.04 bits per heavy atom. The van der Waals surface area contributed by atoms with Gasteiger partial charge in [0.05, 0.1) is 6.42 Å². The summed E-state index contributed by atoms with van der Waals surface area (Å²) in [7, 11) is 0. The van der Waals surface area contributed by atoms with Crippen LogP contribution in [0.15, 0.2) is 60.7 Å². The minimum absolute atomic E-state index is 0.407. The van der Waals surface area contributed by atoms with Crippen LogP contribution >= 0.6 is 0 Å². The number of rotatable bonds is 8. The Morgan fingerprint density at radius 1 is 0.893 bits per heavy atom. The molecule has 1 amide bonds. The van der Waals surface area contributed by atoms with E-state index < -0.39 is 29.7 Å². The number of hydrogen-bond acceptors (Lipinski definition) is 4. The third kappa shape index (κ3) is 6.99. The van der Waals surface area contributed by atoms with Gasteiger partial charge in [0.25, 0.3) is 0 Å². The maximum absolute atomic E-state index is 12.8. The molecular weight excluding hydrogens is 354 g/mol. The van der Waals surface area contributed by atoms with E-state index in [4.69, 9.17) is 4.74 Å². The summed E-state index contributed by atoms with van der Waals surface area (Å²) in [5.41, 5.74) is 1.12. The van der Waals surface area contributed by atoms with Crippen molar-refractivity contribution in [2.45, 2.75) is 45.6 Å². The number of nitrogens with zero attached hydrogens (tertiary/aromatic N) is 1. The van der Waals surface area contributed by atoms with Crippen molar-refractivity contribution in [1.29, 1.82) is 0 Å². The summed E-state index contributed by atoms with van der Waals surface area (Å²) in [6, 6.07) is 19.2. The number of para-hydroxylation sites is 1. The molecule has 0 radical (unpaired) electrons. The Balaban J connectivity index is 2.03. The van der Waals surface area contributed by atoms with Crippen LogP contribution in [0.5, 0.6) is 0 Å². The number of hydrogen-bond donors (Lipinski definition) is 0. The number of carbonyl (C=O) groups is 3. The molecular formula is C23H27NO4. The summed E-state index contributed by atoms with van der Waals surface area (Å²) >= 11 is 0. The molecule has 5 nitrogen and oxygen atoms in total. The number of ether oxygens (including phenoxy) is 1. The van der Waals surface area contributed by atoms with Crippen LogP contribution in [0.2, 0.25) is 0 Å². The van der Waals surface area contributed by atoms with Crippen LogP contribution in [0, 0.1) is 0 Å². The molecule has 2 aromatic carbocycles. The van der Waals surface area contributed by atoms with E-state index in [9.17, 15) is 14.4 Å². The first-order chi connectivity index (χ1) is 13.3. The fraction of sp³-hybridized carbons (Fsp3) is 0.348. The Hall–Kier alpha value is -2.95. The van der Waals surface area contributed by atoms with Gasteiger partial charge in [0.2, 0.25) is 11.7 Å². The third-order valence-corrected chi connectivity index (χ3v) is 4.00. The van der Waals surface area contributed by atoms with Crippen molar-refractivity contribution in [3.05, 3.63) is 66.2 Å². The Kier molecular flexibility index (Phi) is 7.50. The molecule has 0 saturated carbocycles. The first-order valence-corrected chi connectivity index (χ1v) is 9.42. The van der Waals surface area contributed by atoms with Crippen LogP contribution in [0.25, 0.3) is 0 Å². The number of anilines is 1. The SMILES string of the molecule is CC(C)(C)OC(=O)C(=O)CC(=O)N(CCCc1ccccc1)c1ccccc1. The van der Waals surface area contributed by atoms with Crippen molar-refractivity contribution in [1.82, 2.24) is 0 Å². The van der Waals surface area contributed by atoms with E-state index in [-0.39, 0.29) is 0 Å². The summed E-state index contributed by atoms with van der Waals surface area (Å²) in [4.78, 5) is 38.4. The smallest absolute Gasteiger partial charge is 0.375 e. The van der Waals surface area contributed by atoms with Gasteiger partial charge in [-0.15, -0.1) is 0 Å². The molecule has 0 N–H and O–H groups in total. The normalized spacial score (nSPS) is 11.0. The van der Waals surface area contributed by atoms with Gasteiger partial charge in [-0.3, -0.25) is 9.59 Å². The molecule has 0 unspecified atom stereocenters. The van der Waals surface area contributed by atoms with Crippen LogP contribution in [0.4, 0.5) is 5.69 Å². The fourth-order valence-electron chi connectivity index (χ4n) is 2.73. The molecule has 0 aromatic heterocycles. The second-order valence-corrected chi connectivity index (χ2v) is 7.57. The van der Waals surface area contributed by atoms with Crippen molar-refractivity contribution in [2.75, 3.05) is 11.4 Å². The number of carbonyl (C=O) groups excluding carboxylic acids is 3. The lowest BCUT2D eigenvalue weighted by molar-refractivity contribution is -0.163. The van der Waals surface area contributed by atoms with Gasteiger partial charge in [-0.1, -0.05) is 48.5 Å². The van der Waals surface area contributed by atoms with Gasteiger partial charge in [0.15, 0.2) is 0 Å². The quantitative estimate of drug-likeness (QED) is 0.394. The molecule has 28 heavy (non-hydrogen) atoms. The number of esters is 1. The number of Topliss-reactive ketones (excluding diaryl/α,β-unsaturated/α-hetero) is 1. The van der Waals surface area contributed by atoms with E-state index in [2.05, 4.69) is 0 Å². The fourth-order valence-corrected chi connectivity index (χ4v) is 2.73. The van der Waals surface area contributed by atoms with E-state index in [0.717, 1.165) is 12.8 Å². The zero-order chi connectivity index (χ0) is 20.6. The number of amides is 1. The van der Waals surface area contributed by atoms with E-state index in [1.165, 1.54) is 5.56 Å². The summed E-state index contributed by atoms with van der Waals surface area (Å²) in [6.45, 7) is 5.50. The average Bonchev–Trinajstić information content (AvgIpc) is 2.65. The van der Waals surface area contributed by atoms with Crippen LogP contribution in [0.1, 0.15) is 39.2 Å². The van der Waals surface area contributed by atoms with Gasteiger partial charge >= 0.3 is 5.97 Å². The first-order valence-electron chi connectivity index (χ1n) is 9.42. The molecule has 0 fully saturated rings. The topological polar surface area (TPSA) is 63.7 Å². The number of ketones is 1. The van der Waals surface area contributed by atoms with Crippen molar-refractivity contribution in [3.8, 4) is 0 Å². The maximum Gasteiger partial charge on any atom is 0.375 e. The minimum Gasteiger partial charge on any atom is -0.454 e. The van der Waals surface area contributed by atoms with Crippen LogP contribution in [0.3, 0.4) is 0 Å². The molecule has 2 aromatic rings. The average molecular weight is 381 g/mol.